The van der Waals surface area contributed by atoms with Crippen molar-refractivity contribution in [3.05, 3.63) is 35.5 Å². The number of benzene rings is 1. The van der Waals surface area contributed by atoms with Gasteiger partial charge in [-0.15, -0.1) is 0 Å². The summed E-state index contributed by atoms with van der Waals surface area (Å²) in [6.07, 6.45) is 3.09. The third-order valence-electron chi connectivity index (χ3n) is 2.81. The molecule has 0 aliphatic rings. The number of aromatic nitrogens is 1. The average Bonchev–Trinajstić information content (AvgIpc) is 2.60. The van der Waals surface area contributed by atoms with Crippen LogP contribution in [0.4, 0.5) is 0 Å². The number of carboxylic acid groups (broad SMARTS) is 1. The van der Waals surface area contributed by atoms with Crippen molar-refractivity contribution in [2.75, 3.05) is 0 Å². The zero-order valence-corrected chi connectivity index (χ0v) is 9.53. The molecule has 2 aromatic rings. The molecule has 1 aromatic carbocycles. The Labute approximate surface area is 94.3 Å². The Morgan fingerprint density at radius 1 is 1.44 bits per heavy atom. The monoisotopic (exact) mass is 217 g/mol. The lowest BCUT2D eigenvalue weighted by molar-refractivity contribution is 0.0696. The maximum absolute atomic E-state index is 11.0. The lowest BCUT2D eigenvalue weighted by Gasteiger charge is -2.05. The van der Waals surface area contributed by atoms with Gasteiger partial charge in [0, 0.05) is 23.6 Å². The minimum Gasteiger partial charge on any atom is -0.478 e. The molecule has 0 aliphatic carbocycles. The van der Waals surface area contributed by atoms with Crippen molar-refractivity contribution in [1.29, 1.82) is 0 Å². The first-order chi connectivity index (χ1) is 7.63. The molecule has 1 heterocycles. The van der Waals surface area contributed by atoms with Crippen molar-refractivity contribution in [1.82, 2.24) is 4.57 Å². The molecule has 0 radical (unpaired) electrons. The highest BCUT2D eigenvalue weighted by Crippen LogP contribution is 2.21. The van der Waals surface area contributed by atoms with Crippen LogP contribution in [0.15, 0.2) is 24.4 Å². The summed E-state index contributed by atoms with van der Waals surface area (Å²) in [5.41, 5.74) is 2.32. The van der Waals surface area contributed by atoms with Gasteiger partial charge >= 0.3 is 5.97 Å². The Balaban J connectivity index is 2.61. The maximum Gasteiger partial charge on any atom is 0.335 e. The second-order valence-corrected chi connectivity index (χ2v) is 4.04. The van der Waals surface area contributed by atoms with E-state index in [4.69, 9.17) is 5.11 Å². The highest BCUT2D eigenvalue weighted by Gasteiger charge is 2.10. The van der Waals surface area contributed by atoms with E-state index >= 15 is 0 Å². The summed E-state index contributed by atoms with van der Waals surface area (Å²) in [5.74, 6) is -0.859. The maximum atomic E-state index is 11.0. The van der Waals surface area contributed by atoms with Gasteiger partial charge in [0.1, 0.15) is 0 Å². The van der Waals surface area contributed by atoms with E-state index in [1.165, 1.54) is 0 Å². The molecule has 1 aromatic heterocycles. The van der Waals surface area contributed by atoms with Crippen LogP contribution in [-0.4, -0.2) is 15.6 Å². The van der Waals surface area contributed by atoms with Gasteiger partial charge in [0.2, 0.25) is 0 Å². The first-order valence-electron chi connectivity index (χ1n) is 5.46. The number of carbonyl (C=O) groups is 1. The van der Waals surface area contributed by atoms with Crippen LogP contribution in [0, 0.1) is 6.92 Å². The van der Waals surface area contributed by atoms with E-state index in [9.17, 15) is 4.79 Å². The predicted molar refractivity (Wildman–Crippen MR) is 63.9 cm³/mol. The van der Waals surface area contributed by atoms with Crippen LogP contribution in [-0.2, 0) is 6.54 Å². The molecule has 0 amide bonds. The molecule has 0 saturated heterocycles. The third-order valence-corrected chi connectivity index (χ3v) is 2.81. The van der Waals surface area contributed by atoms with E-state index < -0.39 is 5.97 Å². The van der Waals surface area contributed by atoms with Crippen LogP contribution in [0.3, 0.4) is 0 Å². The summed E-state index contributed by atoms with van der Waals surface area (Å²) in [5, 5.41) is 10.0. The van der Waals surface area contributed by atoms with Gasteiger partial charge in [0.05, 0.1) is 5.56 Å². The average molecular weight is 217 g/mol. The summed E-state index contributed by atoms with van der Waals surface area (Å²) < 4.78 is 2.16. The van der Waals surface area contributed by atoms with Crippen molar-refractivity contribution in [3.63, 3.8) is 0 Å². The van der Waals surface area contributed by atoms with Crippen LogP contribution in [0.1, 0.15) is 29.3 Å². The van der Waals surface area contributed by atoms with Crippen molar-refractivity contribution in [2.45, 2.75) is 26.8 Å². The minimum atomic E-state index is -0.859. The van der Waals surface area contributed by atoms with Gasteiger partial charge < -0.3 is 9.67 Å². The summed E-state index contributed by atoms with van der Waals surface area (Å²) in [4.78, 5) is 11.0. The molecule has 0 bridgehead atoms. The molecule has 3 nitrogen and oxygen atoms in total. The van der Waals surface area contributed by atoms with Crippen LogP contribution < -0.4 is 0 Å². The lowest BCUT2D eigenvalue weighted by Crippen LogP contribution is -2.00. The summed E-state index contributed by atoms with van der Waals surface area (Å²) in [7, 11) is 0. The smallest absolute Gasteiger partial charge is 0.335 e. The molecule has 2 rings (SSSR count). The predicted octanol–water partition coefficient (Wildman–Crippen LogP) is 3.06. The fourth-order valence-corrected chi connectivity index (χ4v) is 2.01. The van der Waals surface area contributed by atoms with Gasteiger partial charge in [-0.25, -0.2) is 4.79 Å². The van der Waals surface area contributed by atoms with Gasteiger partial charge in [-0.05, 0) is 37.1 Å². The number of carboxylic acids is 1. The van der Waals surface area contributed by atoms with Gasteiger partial charge in [-0.2, -0.15) is 0 Å². The molecule has 3 heteroatoms. The van der Waals surface area contributed by atoms with E-state index in [0.717, 1.165) is 29.4 Å². The van der Waals surface area contributed by atoms with Crippen molar-refractivity contribution < 1.29 is 9.90 Å². The molecule has 0 unspecified atom stereocenters. The Kier molecular flexibility index (Phi) is 2.69. The lowest BCUT2D eigenvalue weighted by atomic mass is 10.1. The third kappa shape index (κ3) is 1.69. The van der Waals surface area contributed by atoms with E-state index in [1.807, 2.05) is 25.3 Å². The summed E-state index contributed by atoms with van der Waals surface area (Å²) in [6, 6.07) is 5.67. The van der Waals surface area contributed by atoms with Gasteiger partial charge in [0.25, 0.3) is 0 Å². The molecule has 0 saturated carbocycles. The van der Waals surface area contributed by atoms with Crippen molar-refractivity contribution in [3.8, 4) is 0 Å². The molecular weight excluding hydrogens is 202 g/mol. The van der Waals surface area contributed by atoms with Gasteiger partial charge in [-0.3, -0.25) is 0 Å². The SMILES string of the molecule is CCCn1ccc2cc(C(=O)O)c(C)cc21. The zero-order valence-electron chi connectivity index (χ0n) is 9.53. The largest absolute Gasteiger partial charge is 0.478 e. The van der Waals surface area contributed by atoms with E-state index in [1.54, 1.807) is 6.07 Å². The molecular formula is C13H15NO2. The fourth-order valence-electron chi connectivity index (χ4n) is 2.01. The second kappa shape index (κ2) is 4.00. The molecule has 84 valence electrons. The Bertz CT molecular complexity index is 540. The highest BCUT2D eigenvalue weighted by atomic mass is 16.4. The first-order valence-corrected chi connectivity index (χ1v) is 5.46. The van der Waals surface area contributed by atoms with Crippen LogP contribution in [0.25, 0.3) is 10.9 Å². The molecule has 0 atom stereocenters. The molecule has 1 N–H and O–H groups in total. The van der Waals surface area contributed by atoms with E-state index in [0.29, 0.717) is 5.56 Å². The van der Waals surface area contributed by atoms with E-state index in [-0.39, 0.29) is 0 Å². The minimum absolute atomic E-state index is 0.391. The van der Waals surface area contributed by atoms with Crippen LogP contribution in [0.5, 0.6) is 0 Å². The fraction of sp³-hybridized carbons (Fsp3) is 0.308. The first kappa shape index (κ1) is 10.7. The van der Waals surface area contributed by atoms with E-state index in [2.05, 4.69) is 11.5 Å². The quantitative estimate of drug-likeness (QED) is 0.858. The standard InChI is InChI=1S/C13H15NO2/c1-3-5-14-6-4-10-8-11(13(15)16)9(2)7-12(10)14/h4,6-8H,3,5H2,1-2H3,(H,15,16). The number of nitrogens with zero attached hydrogens (tertiary/aromatic N) is 1. The van der Waals surface area contributed by atoms with Crippen LogP contribution >= 0.6 is 0 Å². The summed E-state index contributed by atoms with van der Waals surface area (Å²) in [6.45, 7) is 4.94. The number of fused-ring (bicyclic) bond motifs is 1. The molecule has 0 spiro atoms. The normalized spacial score (nSPS) is 10.9. The topological polar surface area (TPSA) is 42.2 Å². The zero-order chi connectivity index (χ0) is 11.7. The molecule has 0 aliphatic heterocycles. The Hall–Kier alpha value is -1.77. The molecule has 16 heavy (non-hydrogen) atoms. The number of hydrogen-bond donors (Lipinski definition) is 1. The molecule has 0 fully saturated rings. The van der Waals surface area contributed by atoms with Crippen molar-refractivity contribution in [2.24, 2.45) is 0 Å². The summed E-state index contributed by atoms with van der Waals surface area (Å²) >= 11 is 0. The van der Waals surface area contributed by atoms with Crippen LogP contribution in [0.2, 0.25) is 0 Å². The number of hydrogen-bond acceptors (Lipinski definition) is 1. The van der Waals surface area contributed by atoms with Gasteiger partial charge in [0.15, 0.2) is 0 Å². The van der Waals surface area contributed by atoms with Gasteiger partial charge in [-0.1, -0.05) is 6.92 Å². The number of rotatable bonds is 3. The highest BCUT2D eigenvalue weighted by molar-refractivity contribution is 5.95. The Morgan fingerprint density at radius 2 is 2.19 bits per heavy atom. The second-order valence-electron chi connectivity index (χ2n) is 4.04. The Morgan fingerprint density at radius 3 is 2.81 bits per heavy atom. The number of aryl methyl sites for hydroxylation is 2. The number of aromatic carboxylic acids is 1. The van der Waals surface area contributed by atoms with Crippen molar-refractivity contribution >= 4 is 16.9 Å².